The van der Waals surface area contributed by atoms with E-state index in [-0.39, 0.29) is 45.3 Å². The first-order chi connectivity index (χ1) is 16.4. The van der Waals surface area contributed by atoms with E-state index in [0.717, 1.165) is 18.9 Å². The fourth-order valence-corrected chi connectivity index (χ4v) is 4.08. The number of pyridine rings is 1. The number of methoxy groups -OCH3 is 1. The van der Waals surface area contributed by atoms with Crippen LogP contribution in [0.2, 0.25) is 0 Å². The maximum absolute atomic E-state index is 15.5. The van der Waals surface area contributed by atoms with Gasteiger partial charge in [0.05, 0.1) is 29.1 Å². The summed E-state index contributed by atoms with van der Waals surface area (Å²) in [5.41, 5.74) is 6.06. The highest BCUT2D eigenvalue weighted by Crippen LogP contribution is 2.44. The van der Waals surface area contributed by atoms with E-state index in [1.807, 2.05) is 20.8 Å². The molecule has 0 unspecified atom stereocenters. The highest BCUT2D eigenvalue weighted by atomic mass is 19.1. The van der Waals surface area contributed by atoms with Gasteiger partial charge in [-0.25, -0.2) is 9.18 Å². The van der Waals surface area contributed by atoms with Crippen molar-refractivity contribution in [2.24, 2.45) is 5.41 Å². The molecule has 9 heteroatoms. The Morgan fingerprint density at radius 2 is 1.91 bits per heavy atom. The number of aromatic carboxylic acids is 1. The third-order valence-corrected chi connectivity index (χ3v) is 5.96. The van der Waals surface area contributed by atoms with E-state index in [4.69, 9.17) is 10.5 Å². The molecule has 0 aliphatic heterocycles. The minimum atomic E-state index is -1.37. The van der Waals surface area contributed by atoms with Gasteiger partial charge in [0.15, 0.2) is 5.75 Å². The molecule has 0 spiro atoms. The van der Waals surface area contributed by atoms with Crippen molar-refractivity contribution in [2.75, 3.05) is 19.4 Å². The van der Waals surface area contributed by atoms with Gasteiger partial charge in [-0.2, -0.15) is 0 Å². The fraction of sp³-hybridized carbons (Fsp3) is 0.346. The summed E-state index contributed by atoms with van der Waals surface area (Å²) in [4.78, 5) is 37.1. The summed E-state index contributed by atoms with van der Waals surface area (Å²) in [6, 6.07) is 5.61. The summed E-state index contributed by atoms with van der Waals surface area (Å²) in [6.07, 6.45) is 2.91. The average molecular weight is 482 g/mol. The molecule has 1 aliphatic carbocycles. The maximum atomic E-state index is 15.5. The van der Waals surface area contributed by atoms with Crippen LogP contribution in [0.5, 0.6) is 5.75 Å². The fourth-order valence-electron chi connectivity index (χ4n) is 4.08. The smallest absolute Gasteiger partial charge is 0.341 e. The summed E-state index contributed by atoms with van der Waals surface area (Å²) < 4.78 is 22.7. The van der Waals surface area contributed by atoms with Crippen molar-refractivity contribution < 1.29 is 23.8 Å². The zero-order chi connectivity index (χ0) is 25.7. The van der Waals surface area contributed by atoms with E-state index in [2.05, 4.69) is 5.32 Å². The number of nitrogens with one attached hydrogen (secondary N) is 1. The monoisotopic (exact) mass is 481 g/mol. The summed E-state index contributed by atoms with van der Waals surface area (Å²) in [5, 5.41) is 12.3. The molecule has 2 aromatic carbocycles. The summed E-state index contributed by atoms with van der Waals surface area (Å²) in [5.74, 6) is -2.37. The molecule has 1 aliphatic rings. The van der Waals surface area contributed by atoms with Crippen molar-refractivity contribution in [3.05, 3.63) is 57.6 Å². The topological polar surface area (TPSA) is 124 Å². The number of carbonyl (C=O) groups excluding carboxylic acids is 1. The van der Waals surface area contributed by atoms with Gasteiger partial charge < -0.3 is 25.5 Å². The van der Waals surface area contributed by atoms with E-state index >= 15 is 4.39 Å². The number of carboxylic acids is 1. The normalized spacial score (nSPS) is 13.6. The number of carbonyl (C=O) groups is 2. The molecule has 0 bridgehead atoms. The molecular weight excluding hydrogens is 453 g/mol. The molecule has 8 nitrogen and oxygen atoms in total. The van der Waals surface area contributed by atoms with Gasteiger partial charge in [-0.1, -0.05) is 26.8 Å². The van der Waals surface area contributed by atoms with Gasteiger partial charge in [-0.05, 0) is 42.0 Å². The van der Waals surface area contributed by atoms with Crippen LogP contribution in [0.3, 0.4) is 0 Å². The van der Waals surface area contributed by atoms with Crippen molar-refractivity contribution in [3.8, 4) is 16.9 Å². The van der Waals surface area contributed by atoms with Crippen LogP contribution in [0.25, 0.3) is 22.0 Å². The minimum Gasteiger partial charge on any atom is -0.494 e. The Kier molecular flexibility index (Phi) is 6.04. The Balaban J connectivity index is 1.88. The highest BCUT2D eigenvalue weighted by molar-refractivity contribution is 6.01. The second-order valence-electron chi connectivity index (χ2n) is 10.0. The van der Waals surface area contributed by atoms with E-state index in [1.165, 1.54) is 25.4 Å². The van der Waals surface area contributed by atoms with E-state index in [9.17, 15) is 19.5 Å². The molecule has 3 aromatic rings. The molecule has 184 valence electrons. The average Bonchev–Trinajstić information content (AvgIpc) is 3.61. The number of amides is 1. The van der Waals surface area contributed by atoms with Gasteiger partial charge in [-0.15, -0.1) is 0 Å². The lowest BCUT2D eigenvalue weighted by molar-refractivity contribution is 0.0694. The van der Waals surface area contributed by atoms with Crippen LogP contribution in [0.15, 0.2) is 35.3 Å². The lowest BCUT2D eigenvalue weighted by Crippen LogP contribution is -2.32. The number of hydrogen-bond acceptors (Lipinski definition) is 5. The van der Waals surface area contributed by atoms with E-state index < -0.39 is 22.8 Å². The lowest BCUT2D eigenvalue weighted by atomic mass is 9.96. The van der Waals surface area contributed by atoms with Crippen LogP contribution in [-0.4, -0.2) is 35.2 Å². The Hall–Kier alpha value is -3.88. The number of halogens is 1. The second-order valence-corrected chi connectivity index (χ2v) is 10.0. The molecule has 1 aromatic heterocycles. The van der Waals surface area contributed by atoms with Crippen molar-refractivity contribution in [1.29, 1.82) is 0 Å². The van der Waals surface area contributed by atoms with Crippen LogP contribution in [0.4, 0.5) is 10.1 Å². The predicted octanol–water partition coefficient (Wildman–Crippen LogP) is 4.21. The Bertz CT molecular complexity index is 1420. The number of benzene rings is 2. The Labute approximate surface area is 201 Å². The molecular formula is C26H28FN3O5. The van der Waals surface area contributed by atoms with Crippen LogP contribution < -0.4 is 21.2 Å². The van der Waals surface area contributed by atoms with Gasteiger partial charge in [-0.3, -0.25) is 9.59 Å². The highest BCUT2D eigenvalue weighted by Gasteiger charge is 2.30. The number of fused-ring (bicyclic) bond motifs is 1. The zero-order valence-electron chi connectivity index (χ0n) is 20.1. The number of ether oxygens (including phenoxy) is 1. The number of anilines is 1. The first-order valence-corrected chi connectivity index (χ1v) is 11.3. The van der Waals surface area contributed by atoms with Gasteiger partial charge in [0.25, 0.3) is 5.91 Å². The minimum absolute atomic E-state index is 0.0117. The maximum Gasteiger partial charge on any atom is 0.341 e. The van der Waals surface area contributed by atoms with Crippen LogP contribution in [-0.2, 0) is 0 Å². The third-order valence-electron chi connectivity index (χ3n) is 5.96. The quantitative estimate of drug-likeness (QED) is 0.453. The largest absolute Gasteiger partial charge is 0.494 e. The molecule has 1 saturated carbocycles. The van der Waals surface area contributed by atoms with Gasteiger partial charge in [0, 0.05) is 24.5 Å². The first-order valence-electron chi connectivity index (χ1n) is 11.3. The van der Waals surface area contributed by atoms with E-state index in [0.29, 0.717) is 17.6 Å². The number of aromatic nitrogens is 1. The molecule has 1 amide bonds. The lowest BCUT2D eigenvalue weighted by Gasteiger charge is -2.20. The van der Waals surface area contributed by atoms with Crippen LogP contribution in [0, 0.1) is 11.2 Å². The summed E-state index contributed by atoms with van der Waals surface area (Å²) in [7, 11) is 1.36. The second kappa shape index (κ2) is 8.72. The first kappa shape index (κ1) is 24.3. The molecule has 0 radical (unpaired) electrons. The molecule has 1 fully saturated rings. The molecule has 0 atom stereocenters. The zero-order valence-corrected chi connectivity index (χ0v) is 20.1. The van der Waals surface area contributed by atoms with Crippen LogP contribution >= 0.6 is 0 Å². The number of nitrogens with two attached hydrogens (primary N) is 1. The SMILES string of the molecule is COc1c(-c2ccc(C(=O)NCC(C)(C)C)c(N)c2)c(F)cc2c(=O)c(C(=O)O)cn(C3CC3)c12. The molecule has 1 heterocycles. The summed E-state index contributed by atoms with van der Waals surface area (Å²) >= 11 is 0. The van der Waals surface area contributed by atoms with Gasteiger partial charge >= 0.3 is 5.97 Å². The number of rotatable bonds is 6. The third kappa shape index (κ3) is 4.58. The Morgan fingerprint density at radius 3 is 2.46 bits per heavy atom. The predicted molar refractivity (Wildman–Crippen MR) is 132 cm³/mol. The van der Waals surface area contributed by atoms with E-state index in [1.54, 1.807) is 10.6 Å². The summed E-state index contributed by atoms with van der Waals surface area (Å²) in [6.45, 7) is 6.44. The van der Waals surface area contributed by atoms with Crippen molar-refractivity contribution >= 4 is 28.5 Å². The number of hydrogen-bond donors (Lipinski definition) is 3. The van der Waals surface area contributed by atoms with Crippen molar-refractivity contribution in [1.82, 2.24) is 9.88 Å². The van der Waals surface area contributed by atoms with Crippen molar-refractivity contribution in [2.45, 2.75) is 39.7 Å². The number of nitrogen functional groups attached to an aromatic ring is 1. The van der Waals surface area contributed by atoms with Crippen molar-refractivity contribution in [3.63, 3.8) is 0 Å². The molecule has 35 heavy (non-hydrogen) atoms. The Morgan fingerprint density at radius 1 is 1.23 bits per heavy atom. The number of carboxylic acid groups (broad SMARTS) is 1. The van der Waals surface area contributed by atoms with Crippen LogP contribution in [0.1, 0.15) is 60.4 Å². The molecule has 0 saturated heterocycles. The standard InChI is InChI=1S/C26H28FN3O5/c1-26(2,3)12-29-24(32)15-8-5-13(9-19(15)28)20-18(27)10-16-21(23(20)35-4)30(14-6-7-14)11-17(22(16)31)25(33)34/h5,8-11,14H,6-7,12,28H2,1-4H3,(H,29,32)(H,33,34). The van der Waals surface area contributed by atoms with Gasteiger partial charge in [0.2, 0.25) is 5.43 Å². The number of nitrogens with zero attached hydrogens (tertiary/aromatic N) is 1. The van der Waals surface area contributed by atoms with Gasteiger partial charge in [0.1, 0.15) is 11.4 Å². The molecule has 4 N–H and O–H groups in total. The molecule has 4 rings (SSSR count).